The van der Waals surface area contributed by atoms with Crippen molar-refractivity contribution in [2.45, 2.75) is 26.2 Å². The normalized spacial score (nSPS) is 16.4. The Kier molecular flexibility index (Phi) is 5.17. The van der Waals surface area contributed by atoms with Crippen molar-refractivity contribution in [3.8, 4) is 0 Å². The van der Waals surface area contributed by atoms with Crippen LogP contribution in [0.4, 0.5) is 15.8 Å². The van der Waals surface area contributed by atoms with Gasteiger partial charge in [0.2, 0.25) is 0 Å². The number of amides is 1. The largest absolute Gasteiger partial charge is 0.381 e. The minimum atomic E-state index is -0.327. The van der Waals surface area contributed by atoms with Crippen molar-refractivity contribution < 1.29 is 9.18 Å². The lowest BCUT2D eigenvalue weighted by molar-refractivity contribution is -0.112. The monoisotopic (exact) mass is 364 g/mol. The molecule has 140 valence electrons. The zero-order chi connectivity index (χ0) is 19.7. The first-order valence-corrected chi connectivity index (χ1v) is 9.12. The van der Waals surface area contributed by atoms with Crippen LogP contribution in [0.15, 0.2) is 55.3 Å². The van der Waals surface area contributed by atoms with Crippen molar-refractivity contribution >= 4 is 22.9 Å². The average Bonchev–Trinajstić information content (AvgIpc) is 3.23. The van der Waals surface area contributed by atoms with Gasteiger partial charge in [-0.05, 0) is 67.6 Å². The molecule has 3 nitrogen and oxygen atoms in total. The minimum Gasteiger partial charge on any atom is -0.381 e. The van der Waals surface area contributed by atoms with E-state index in [0.29, 0.717) is 11.1 Å². The highest BCUT2D eigenvalue weighted by atomic mass is 19.1. The summed E-state index contributed by atoms with van der Waals surface area (Å²) in [5, 5.41) is 0. The molecule has 1 aliphatic carbocycles. The molecule has 0 radical (unpaired) electrons. The molecule has 0 atom stereocenters. The van der Waals surface area contributed by atoms with Gasteiger partial charge in [-0.2, -0.15) is 0 Å². The standard InChI is InChI=1S/C21H21FN2O.C2H4/c1-13(23(2)3)20-18-12-16(22)8-10-19(18)24(21(20)25)17-9-7-14-5-4-6-15(14)11-17;1-2/h7-12H,4-6H2,1-3H3;1-2H2/b20-13-;. The molecule has 1 heterocycles. The van der Waals surface area contributed by atoms with Crippen molar-refractivity contribution in [1.29, 1.82) is 0 Å². The molecule has 2 aromatic rings. The van der Waals surface area contributed by atoms with E-state index >= 15 is 0 Å². The Morgan fingerprint density at radius 3 is 2.48 bits per heavy atom. The van der Waals surface area contributed by atoms with Gasteiger partial charge >= 0.3 is 0 Å². The number of nitrogens with zero attached hydrogens (tertiary/aromatic N) is 2. The van der Waals surface area contributed by atoms with Crippen LogP contribution in [0.2, 0.25) is 0 Å². The fraction of sp³-hybridized carbons (Fsp3) is 0.261. The van der Waals surface area contributed by atoms with Gasteiger partial charge in [0.1, 0.15) is 5.82 Å². The lowest BCUT2D eigenvalue weighted by Gasteiger charge is -2.19. The Hall–Kier alpha value is -2.88. The van der Waals surface area contributed by atoms with E-state index in [4.69, 9.17) is 0 Å². The summed E-state index contributed by atoms with van der Waals surface area (Å²) in [5.41, 5.74) is 6.36. The number of carbonyl (C=O) groups excluding carboxylic acids is 1. The lowest BCUT2D eigenvalue weighted by atomic mass is 10.1. The van der Waals surface area contributed by atoms with Crippen LogP contribution in [0, 0.1) is 5.82 Å². The van der Waals surface area contributed by atoms with E-state index < -0.39 is 0 Å². The van der Waals surface area contributed by atoms with Gasteiger partial charge in [-0.1, -0.05) is 6.07 Å². The third-order valence-electron chi connectivity index (χ3n) is 5.26. The Morgan fingerprint density at radius 1 is 1.07 bits per heavy atom. The Labute approximate surface area is 160 Å². The highest BCUT2D eigenvalue weighted by Gasteiger charge is 2.36. The van der Waals surface area contributed by atoms with Crippen LogP contribution in [0.1, 0.15) is 30.0 Å². The lowest BCUT2D eigenvalue weighted by Crippen LogP contribution is -2.22. The predicted octanol–water partition coefficient (Wildman–Crippen LogP) is 5.09. The van der Waals surface area contributed by atoms with Crippen LogP contribution in [0.3, 0.4) is 0 Å². The van der Waals surface area contributed by atoms with Crippen LogP contribution in [-0.4, -0.2) is 24.9 Å². The van der Waals surface area contributed by atoms with Crippen molar-refractivity contribution in [2.75, 3.05) is 19.0 Å². The second-order valence-electron chi connectivity index (χ2n) is 6.96. The Morgan fingerprint density at radius 2 is 1.78 bits per heavy atom. The zero-order valence-electron chi connectivity index (χ0n) is 16.2. The van der Waals surface area contributed by atoms with Gasteiger partial charge in [0.05, 0.1) is 11.3 Å². The summed E-state index contributed by atoms with van der Waals surface area (Å²) in [6, 6.07) is 10.8. The number of allylic oxidation sites excluding steroid dienone is 1. The van der Waals surface area contributed by atoms with E-state index in [9.17, 15) is 9.18 Å². The van der Waals surface area contributed by atoms with Crippen molar-refractivity contribution in [3.63, 3.8) is 0 Å². The van der Waals surface area contributed by atoms with Crippen LogP contribution in [0.25, 0.3) is 5.57 Å². The molecule has 1 aliphatic heterocycles. The van der Waals surface area contributed by atoms with Gasteiger partial charge in [0.15, 0.2) is 0 Å². The van der Waals surface area contributed by atoms with Gasteiger partial charge in [0.25, 0.3) is 5.91 Å². The average molecular weight is 364 g/mol. The number of benzene rings is 2. The van der Waals surface area contributed by atoms with Gasteiger partial charge < -0.3 is 4.90 Å². The SMILES string of the molecule is C/C(=C1/C(=O)N(c2ccc3c(c2)CCC3)c2ccc(F)cc21)N(C)C.C=C. The fourth-order valence-corrected chi connectivity index (χ4v) is 3.77. The highest BCUT2D eigenvalue weighted by Crippen LogP contribution is 2.44. The highest BCUT2D eigenvalue weighted by molar-refractivity contribution is 6.35. The first-order chi connectivity index (χ1) is 13.0. The number of hydrogen-bond donors (Lipinski definition) is 0. The summed E-state index contributed by atoms with van der Waals surface area (Å²) in [7, 11) is 3.79. The predicted molar refractivity (Wildman–Crippen MR) is 110 cm³/mol. The topological polar surface area (TPSA) is 23.6 Å². The van der Waals surface area contributed by atoms with Gasteiger partial charge in [-0.15, -0.1) is 13.2 Å². The molecule has 0 fully saturated rings. The van der Waals surface area contributed by atoms with Crippen molar-refractivity contribution in [1.82, 2.24) is 4.90 Å². The minimum absolute atomic E-state index is 0.0928. The number of aryl methyl sites for hydroxylation is 2. The van der Waals surface area contributed by atoms with Crippen LogP contribution < -0.4 is 4.90 Å². The third kappa shape index (κ3) is 3.16. The van der Waals surface area contributed by atoms with Crippen LogP contribution in [-0.2, 0) is 17.6 Å². The van der Waals surface area contributed by atoms with Crippen LogP contribution >= 0.6 is 0 Å². The maximum Gasteiger partial charge on any atom is 0.265 e. The summed E-state index contributed by atoms with van der Waals surface area (Å²) >= 11 is 0. The van der Waals surface area contributed by atoms with Crippen molar-refractivity contribution in [2.24, 2.45) is 0 Å². The molecule has 27 heavy (non-hydrogen) atoms. The number of carbonyl (C=O) groups is 1. The zero-order valence-corrected chi connectivity index (χ0v) is 16.2. The van der Waals surface area contributed by atoms with Crippen molar-refractivity contribution in [3.05, 3.63) is 77.8 Å². The molecule has 0 bridgehead atoms. The Bertz CT molecular complexity index is 930. The smallest absolute Gasteiger partial charge is 0.265 e. The van der Waals surface area contributed by atoms with E-state index in [0.717, 1.165) is 29.9 Å². The number of fused-ring (bicyclic) bond motifs is 2. The number of halogens is 1. The van der Waals surface area contributed by atoms with Gasteiger partial charge in [-0.25, -0.2) is 4.39 Å². The second kappa shape index (κ2) is 7.39. The fourth-order valence-electron chi connectivity index (χ4n) is 3.77. The molecular weight excluding hydrogens is 339 g/mol. The summed E-state index contributed by atoms with van der Waals surface area (Å²) in [6.07, 6.45) is 3.33. The molecule has 0 saturated heterocycles. The number of rotatable bonds is 2. The Balaban J connectivity index is 0.00000102. The van der Waals surface area contributed by atoms with Gasteiger partial charge in [0, 0.05) is 31.0 Å². The molecule has 0 saturated carbocycles. The molecule has 0 aromatic heterocycles. The maximum atomic E-state index is 13.9. The van der Waals surface area contributed by atoms with Crippen LogP contribution in [0.5, 0.6) is 0 Å². The third-order valence-corrected chi connectivity index (χ3v) is 5.26. The quantitative estimate of drug-likeness (QED) is 0.547. The molecule has 0 unspecified atom stereocenters. The summed E-state index contributed by atoms with van der Waals surface area (Å²) in [6.45, 7) is 7.90. The molecule has 1 amide bonds. The molecule has 2 aliphatic rings. The second-order valence-corrected chi connectivity index (χ2v) is 6.96. The summed E-state index contributed by atoms with van der Waals surface area (Å²) < 4.78 is 13.9. The van der Waals surface area contributed by atoms with E-state index in [1.54, 1.807) is 11.0 Å². The number of hydrogen-bond acceptors (Lipinski definition) is 2. The number of anilines is 2. The first-order valence-electron chi connectivity index (χ1n) is 9.12. The molecule has 2 aromatic carbocycles. The first kappa shape index (κ1) is 18.9. The van der Waals surface area contributed by atoms with E-state index in [1.807, 2.05) is 32.0 Å². The van der Waals surface area contributed by atoms with Gasteiger partial charge in [-0.3, -0.25) is 9.69 Å². The maximum absolute atomic E-state index is 13.9. The van der Waals surface area contributed by atoms with E-state index in [-0.39, 0.29) is 11.7 Å². The molecule has 0 N–H and O–H groups in total. The van der Waals surface area contributed by atoms with E-state index in [1.165, 1.54) is 29.7 Å². The molecule has 4 rings (SSSR count). The summed E-state index contributed by atoms with van der Waals surface area (Å²) in [5.74, 6) is -0.420. The molecule has 4 heteroatoms. The summed E-state index contributed by atoms with van der Waals surface area (Å²) in [4.78, 5) is 16.9. The molecule has 0 spiro atoms. The molecular formula is C23H25FN2O. The van der Waals surface area contributed by atoms with E-state index in [2.05, 4.69) is 25.3 Å².